The number of rotatable bonds is 6. The van der Waals surface area contributed by atoms with Crippen molar-refractivity contribution in [3.8, 4) is 0 Å². The van der Waals surface area contributed by atoms with E-state index in [0.29, 0.717) is 6.04 Å². The lowest BCUT2D eigenvalue weighted by atomic mass is 10.3. The van der Waals surface area contributed by atoms with Gasteiger partial charge in [0, 0.05) is 19.1 Å². The van der Waals surface area contributed by atoms with Crippen LogP contribution in [-0.4, -0.2) is 43.1 Å². The van der Waals surface area contributed by atoms with E-state index in [1.807, 2.05) is 18.2 Å². The summed E-state index contributed by atoms with van der Waals surface area (Å²) in [6, 6.07) is 6.37. The van der Waals surface area contributed by atoms with Crippen LogP contribution in [0.2, 0.25) is 0 Å². The number of hydrogen-bond acceptors (Lipinski definition) is 4. The van der Waals surface area contributed by atoms with Gasteiger partial charge >= 0.3 is 0 Å². The van der Waals surface area contributed by atoms with E-state index in [-0.39, 0.29) is 0 Å². The standard InChI is InChI=1S/C12H22N4/c1-5-13-11-7-6-8-12(15-11)14-10(2)9-16(3)4/h6-8,10H,5,9H2,1-4H3,(H2,13,14,15). The minimum absolute atomic E-state index is 0.388. The quantitative estimate of drug-likeness (QED) is 0.771. The largest absolute Gasteiger partial charge is 0.370 e. The number of nitrogens with zero attached hydrogens (tertiary/aromatic N) is 2. The molecule has 1 atom stereocenters. The summed E-state index contributed by atoms with van der Waals surface area (Å²) in [5.41, 5.74) is 0. The van der Waals surface area contributed by atoms with E-state index >= 15 is 0 Å². The van der Waals surface area contributed by atoms with Crippen LogP contribution in [0.5, 0.6) is 0 Å². The number of aromatic nitrogens is 1. The Morgan fingerprint density at radius 2 is 2.00 bits per heavy atom. The normalized spacial score (nSPS) is 12.6. The maximum absolute atomic E-state index is 4.47. The predicted octanol–water partition coefficient (Wildman–Crippen LogP) is 1.88. The van der Waals surface area contributed by atoms with Crippen molar-refractivity contribution in [2.24, 2.45) is 0 Å². The number of pyridine rings is 1. The van der Waals surface area contributed by atoms with Crippen molar-refractivity contribution in [1.29, 1.82) is 0 Å². The Balaban J connectivity index is 2.55. The maximum atomic E-state index is 4.47. The van der Waals surface area contributed by atoms with Gasteiger partial charge in [-0.25, -0.2) is 4.98 Å². The second kappa shape index (κ2) is 6.33. The Kier molecular flexibility index (Phi) is 5.05. The van der Waals surface area contributed by atoms with Crippen molar-refractivity contribution in [1.82, 2.24) is 9.88 Å². The Morgan fingerprint density at radius 1 is 1.31 bits per heavy atom. The van der Waals surface area contributed by atoms with Crippen LogP contribution >= 0.6 is 0 Å². The highest BCUT2D eigenvalue weighted by molar-refractivity contribution is 5.45. The molecule has 0 amide bonds. The minimum atomic E-state index is 0.388. The van der Waals surface area contributed by atoms with Gasteiger partial charge in [-0.3, -0.25) is 0 Å². The monoisotopic (exact) mass is 222 g/mol. The van der Waals surface area contributed by atoms with Crippen LogP contribution in [0.1, 0.15) is 13.8 Å². The molecule has 4 nitrogen and oxygen atoms in total. The minimum Gasteiger partial charge on any atom is -0.370 e. The fraction of sp³-hybridized carbons (Fsp3) is 0.583. The van der Waals surface area contributed by atoms with Crippen molar-refractivity contribution < 1.29 is 0 Å². The van der Waals surface area contributed by atoms with Gasteiger partial charge in [-0.15, -0.1) is 0 Å². The van der Waals surface area contributed by atoms with E-state index in [1.165, 1.54) is 0 Å². The van der Waals surface area contributed by atoms with E-state index < -0.39 is 0 Å². The molecule has 1 aromatic heterocycles. The fourth-order valence-corrected chi connectivity index (χ4v) is 1.64. The molecule has 0 saturated heterocycles. The van der Waals surface area contributed by atoms with E-state index in [2.05, 4.69) is 48.5 Å². The summed E-state index contributed by atoms with van der Waals surface area (Å²) in [6.07, 6.45) is 0. The van der Waals surface area contributed by atoms with Gasteiger partial charge in [0.15, 0.2) is 0 Å². The maximum Gasteiger partial charge on any atom is 0.128 e. The SMILES string of the molecule is CCNc1cccc(NC(C)CN(C)C)n1. The van der Waals surface area contributed by atoms with Gasteiger partial charge in [-0.2, -0.15) is 0 Å². The lowest BCUT2D eigenvalue weighted by Crippen LogP contribution is -2.29. The van der Waals surface area contributed by atoms with Gasteiger partial charge in [-0.05, 0) is 40.1 Å². The molecular formula is C12H22N4. The molecule has 0 aromatic carbocycles. The van der Waals surface area contributed by atoms with Gasteiger partial charge in [0.25, 0.3) is 0 Å². The summed E-state index contributed by atoms with van der Waals surface area (Å²) in [5.74, 6) is 1.84. The van der Waals surface area contributed by atoms with Crippen molar-refractivity contribution >= 4 is 11.6 Å². The first-order valence-corrected chi connectivity index (χ1v) is 5.74. The number of likely N-dealkylation sites (N-methyl/N-ethyl adjacent to an activating group) is 1. The second-order valence-electron chi connectivity index (χ2n) is 4.25. The molecule has 1 unspecified atom stereocenters. The van der Waals surface area contributed by atoms with Gasteiger partial charge in [-0.1, -0.05) is 6.07 Å². The smallest absolute Gasteiger partial charge is 0.128 e. The van der Waals surface area contributed by atoms with Crippen LogP contribution in [0.4, 0.5) is 11.6 Å². The highest BCUT2D eigenvalue weighted by Crippen LogP contribution is 2.10. The molecule has 0 bridgehead atoms. The first-order chi connectivity index (χ1) is 7.61. The summed E-state index contributed by atoms with van der Waals surface area (Å²) in [6.45, 7) is 6.11. The van der Waals surface area contributed by atoms with Crippen LogP contribution in [-0.2, 0) is 0 Å². The van der Waals surface area contributed by atoms with Crippen molar-refractivity contribution in [3.05, 3.63) is 18.2 Å². The topological polar surface area (TPSA) is 40.2 Å². The van der Waals surface area contributed by atoms with Gasteiger partial charge < -0.3 is 15.5 Å². The first-order valence-electron chi connectivity index (χ1n) is 5.74. The molecule has 16 heavy (non-hydrogen) atoms. The molecular weight excluding hydrogens is 200 g/mol. The lowest BCUT2D eigenvalue weighted by Gasteiger charge is -2.19. The molecule has 0 radical (unpaired) electrons. The summed E-state index contributed by atoms with van der Waals surface area (Å²) in [7, 11) is 4.14. The number of hydrogen-bond donors (Lipinski definition) is 2. The highest BCUT2D eigenvalue weighted by Gasteiger charge is 2.04. The van der Waals surface area contributed by atoms with E-state index in [4.69, 9.17) is 0 Å². The number of anilines is 2. The third-order valence-corrected chi connectivity index (χ3v) is 2.14. The zero-order valence-electron chi connectivity index (χ0n) is 10.6. The Hall–Kier alpha value is -1.29. The molecule has 0 fully saturated rings. The van der Waals surface area contributed by atoms with E-state index in [1.54, 1.807) is 0 Å². The molecule has 1 heterocycles. The zero-order chi connectivity index (χ0) is 12.0. The predicted molar refractivity (Wildman–Crippen MR) is 70.0 cm³/mol. The Labute approximate surface area is 98.1 Å². The second-order valence-corrected chi connectivity index (χ2v) is 4.25. The fourth-order valence-electron chi connectivity index (χ4n) is 1.64. The van der Waals surface area contributed by atoms with E-state index in [9.17, 15) is 0 Å². The molecule has 0 aliphatic rings. The van der Waals surface area contributed by atoms with Crippen LogP contribution in [0.15, 0.2) is 18.2 Å². The Morgan fingerprint density at radius 3 is 2.62 bits per heavy atom. The molecule has 90 valence electrons. The molecule has 2 N–H and O–H groups in total. The highest BCUT2D eigenvalue weighted by atomic mass is 15.1. The molecule has 0 aliphatic carbocycles. The van der Waals surface area contributed by atoms with Gasteiger partial charge in [0.05, 0.1) is 0 Å². The lowest BCUT2D eigenvalue weighted by molar-refractivity contribution is 0.392. The van der Waals surface area contributed by atoms with Crippen molar-refractivity contribution in [2.75, 3.05) is 37.8 Å². The third-order valence-electron chi connectivity index (χ3n) is 2.14. The molecule has 0 spiro atoms. The molecule has 1 rings (SSSR count). The third kappa shape index (κ3) is 4.49. The van der Waals surface area contributed by atoms with Crippen LogP contribution in [0.25, 0.3) is 0 Å². The molecule has 0 aliphatic heterocycles. The average Bonchev–Trinajstić information content (AvgIpc) is 2.17. The van der Waals surface area contributed by atoms with E-state index in [0.717, 1.165) is 24.7 Å². The average molecular weight is 222 g/mol. The van der Waals surface area contributed by atoms with Crippen LogP contribution in [0, 0.1) is 0 Å². The summed E-state index contributed by atoms with van der Waals surface area (Å²) in [5, 5.41) is 6.58. The molecule has 0 saturated carbocycles. The van der Waals surface area contributed by atoms with Crippen molar-refractivity contribution in [3.63, 3.8) is 0 Å². The van der Waals surface area contributed by atoms with Crippen LogP contribution in [0.3, 0.4) is 0 Å². The molecule has 4 heteroatoms. The summed E-state index contributed by atoms with van der Waals surface area (Å²) < 4.78 is 0. The van der Waals surface area contributed by atoms with Gasteiger partial charge in [0.1, 0.15) is 11.6 Å². The number of nitrogens with one attached hydrogen (secondary N) is 2. The summed E-state index contributed by atoms with van der Waals surface area (Å²) in [4.78, 5) is 6.63. The van der Waals surface area contributed by atoms with Crippen LogP contribution < -0.4 is 10.6 Å². The van der Waals surface area contributed by atoms with Gasteiger partial charge in [0.2, 0.25) is 0 Å². The Bertz CT molecular complexity index is 312. The zero-order valence-corrected chi connectivity index (χ0v) is 10.6. The summed E-state index contributed by atoms with van der Waals surface area (Å²) >= 11 is 0. The molecule has 1 aromatic rings. The van der Waals surface area contributed by atoms with Crippen molar-refractivity contribution in [2.45, 2.75) is 19.9 Å². The first kappa shape index (κ1) is 12.8.